The molecule has 0 saturated heterocycles. The number of Topliss-reactive ketones (excluding diaryl/α,β-unsaturated/α-hetero) is 1. The molecule has 3 aromatic rings. The van der Waals surface area contributed by atoms with Crippen molar-refractivity contribution in [1.82, 2.24) is 14.8 Å². The Balaban J connectivity index is 1.82. The monoisotopic (exact) mass is 369 g/mol. The molecule has 2 aromatic heterocycles. The Labute approximate surface area is 155 Å². The summed E-state index contributed by atoms with van der Waals surface area (Å²) < 4.78 is 12.7. The lowest BCUT2D eigenvalue weighted by Crippen LogP contribution is -2.07. The molecule has 0 amide bonds. The van der Waals surface area contributed by atoms with E-state index in [9.17, 15) is 4.79 Å². The van der Waals surface area contributed by atoms with E-state index in [1.807, 2.05) is 29.7 Å². The zero-order chi connectivity index (χ0) is 18.5. The fourth-order valence-electron chi connectivity index (χ4n) is 2.54. The Morgan fingerprint density at radius 2 is 2.15 bits per heavy atom. The molecule has 1 aromatic carbocycles. The van der Waals surface area contributed by atoms with Gasteiger partial charge in [0.25, 0.3) is 0 Å². The Kier molecular flexibility index (Phi) is 5.58. The van der Waals surface area contributed by atoms with Crippen LogP contribution in [0, 0.1) is 6.92 Å². The summed E-state index contributed by atoms with van der Waals surface area (Å²) in [5, 5.41) is 9.10. The normalized spacial score (nSPS) is 10.7. The summed E-state index contributed by atoms with van der Waals surface area (Å²) in [4.78, 5) is 12.6. The maximum atomic E-state index is 12.6. The fourth-order valence-corrected chi connectivity index (χ4v) is 3.37. The summed E-state index contributed by atoms with van der Waals surface area (Å²) in [6, 6.07) is 9.06. The molecule has 0 saturated carbocycles. The second-order valence-corrected chi connectivity index (χ2v) is 6.49. The van der Waals surface area contributed by atoms with Crippen molar-refractivity contribution in [3.8, 4) is 17.3 Å². The highest BCUT2D eigenvalue weighted by Gasteiger charge is 2.19. The van der Waals surface area contributed by atoms with Crippen molar-refractivity contribution in [1.29, 1.82) is 0 Å². The first-order chi connectivity index (χ1) is 12.7. The summed E-state index contributed by atoms with van der Waals surface area (Å²) >= 11 is 1.33. The number of aromatic nitrogens is 3. The van der Waals surface area contributed by atoms with Crippen LogP contribution in [0.3, 0.4) is 0 Å². The summed E-state index contributed by atoms with van der Waals surface area (Å²) in [6.07, 6.45) is 3.38. The van der Waals surface area contributed by atoms with Gasteiger partial charge in [0.15, 0.2) is 16.7 Å². The van der Waals surface area contributed by atoms with Gasteiger partial charge >= 0.3 is 0 Å². The van der Waals surface area contributed by atoms with Crippen LogP contribution in [0.1, 0.15) is 15.9 Å². The van der Waals surface area contributed by atoms with Gasteiger partial charge in [-0.3, -0.25) is 9.36 Å². The van der Waals surface area contributed by atoms with Gasteiger partial charge in [0.1, 0.15) is 5.75 Å². The van der Waals surface area contributed by atoms with Crippen LogP contribution >= 0.6 is 11.8 Å². The molecule has 0 unspecified atom stereocenters. The van der Waals surface area contributed by atoms with Crippen molar-refractivity contribution in [2.45, 2.75) is 18.6 Å². The maximum absolute atomic E-state index is 12.6. The molecule has 134 valence electrons. The second kappa shape index (κ2) is 8.05. The number of furan rings is 1. The molecule has 0 spiro atoms. The first kappa shape index (κ1) is 18.0. The predicted molar refractivity (Wildman–Crippen MR) is 101 cm³/mol. The number of rotatable bonds is 8. The lowest BCUT2D eigenvalue weighted by Gasteiger charge is -2.08. The third-order valence-corrected chi connectivity index (χ3v) is 4.80. The quantitative estimate of drug-likeness (QED) is 0.339. The highest BCUT2D eigenvalue weighted by atomic mass is 32.2. The highest BCUT2D eigenvalue weighted by Crippen LogP contribution is 2.28. The van der Waals surface area contributed by atoms with Gasteiger partial charge in [-0.25, -0.2) is 0 Å². The van der Waals surface area contributed by atoms with Gasteiger partial charge in [-0.15, -0.1) is 16.8 Å². The number of methoxy groups -OCH3 is 1. The number of para-hydroxylation sites is 1. The number of allylic oxidation sites excluding steroid dienone is 1. The largest absolute Gasteiger partial charge is 0.496 e. The van der Waals surface area contributed by atoms with Gasteiger partial charge in [0, 0.05) is 6.54 Å². The van der Waals surface area contributed by atoms with Crippen LogP contribution in [0.2, 0.25) is 0 Å². The minimum absolute atomic E-state index is 0.0312. The SMILES string of the molecule is C=CCn1c(SCC(=O)c2ccccc2OC)nnc1-c1occc1C. The van der Waals surface area contributed by atoms with E-state index in [0.717, 1.165) is 5.56 Å². The van der Waals surface area contributed by atoms with E-state index in [2.05, 4.69) is 16.8 Å². The smallest absolute Gasteiger partial charge is 0.201 e. The van der Waals surface area contributed by atoms with Crippen LogP contribution in [-0.2, 0) is 6.54 Å². The van der Waals surface area contributed by atoms with Crippen LogP contribution in [0.5, 0.6) is 5.75 Å². The molecule has 0 N–H and O–H groups in total. The van der Waals surface area contributed by atoms with Gasteiger partial charge < -0.3 is 9.15 Å². The molecule has 0 aliphatic carbocycles. The van der Waals surface area contributed by atoms with Crippen molar-refractivity contribution in [3.05, 3.63) is 60.4 Å². The lowest BCUT2D eigenvalue weighted by molar-refractivity contribution is 0.101. The number of carbonyl (C=O) groups is 1. The molecule has 0 bridgehead atoms. The number of thioether (sulfide) groups is 1. The summed E-state index contributed by atoms with van der Waals surface area (Å²) in [5.41, 5.74) is 1.53. The molecule has 0 atom stereocenters. The standard InChI is InChI=1S/C19H19N3O3S/c1-4-10-22-18(17-13(2)9-11-25-17)20-21-19(22)26-12-15(23)14-7-5-6-8-16(14)24-3/h4-9,11H,1,10,12H2,2-3H3. The molecular formula is C19H19N3O3S. The third kappa shape index (κ3) is 3.57. The summed E-state index contributed by atoms with van der Waals surface area (Å²) in [6.45, 7) is 6.26. The Morgan fingerprint density at radius 1 is 1.35 bits per heavy atom. The van der Waals surface area contributed by atoms with Gasteiger partial charge in [-0.1, -0.05) is 30.0 Å². The van der Waals surface area contributed by atoms with E-state index in [-0.39, 0.29) is 11.5 Å². The van der Waals surface area contributed by atoms with Crippen molar-refractivity contribution in [2.24, 2.45) is 0 Å². The van der Waals surface area contributed by atoms with Gasteiger partial charge in [0.05, 0.1) is 24.7 Å². The van der Waals surface area contributed by atoms with E-state index >= 15 is 0 Å². The molecule has 3 rings (SSSR count). The molecule has 0 radical (unpaired) electrons. The van der Waals surface area contributed by atoms with E-state index in [1.54, 1.807) is 31.6 Å². The van der Waals surface area contributed by atoms with E-state index in [4.69, 9.17) is 9.15 Å². The second-order valence-electron chi connectivity index (χ2n) is 5.55. The Morgan fingerprint density at radius 3 is 2.85 bits per heavy atom. The number of aryl methyl sites for hydroxylation is 1. The minimum Gasteiger partial charge on any atom is -0.496 e. The number of carbonyl (C=O) groups excluding carboxylic acids is 1. The summed E-state index contributed by atoms with van der Waals surface area (Å²) in [5.74, 6) is 2.06. The van der Waals surface area contributed by atoms with Crippen LogP contribution in [0.25, 0.3) is 11.6 Å². The first-order valence-electron chi connectivity index (χ1n) is 8.03. The predicted octanol–water partition coefficient (Wildman–Crippen LogP) is 4.02. The van der Waals surface area contributed by atoms with Crippen LogP contribution < -0.4 is 4.74 Å². The van der Waals surface area contributed by atoms with E-state index in [1.165, 1.54) is 11.8 Å². The lowest BCUT2D eigenvalue weighted by atomic mass is 10.1. The van der Waals surface area contributed by atoms with E-state index in [0.29, 0.717) is 34.6 Å². The molecule has 0 fully saturated rings. The zero-order valence-electron chi connectivity index (χ0n) is 14.6. The topological polar surface area (TPSA) is 70.2 Å². The number of nitrogens with zero attached hydrogens (tertiary/aromatic N) is 3. The molecule has 0 aliphatic heterocycles. The number of hydrogen-bond acceptors (Lipinski definition) is 6. The average Bonchev–Trinajstić information content (AvgIpc) is 3.25. The third-order valence-electron chi connectivity index (χ3n) is 3.83. The minimum atomic E-state index is -0.0312. The number of ketones is 1. The van der Waals surface area contributed by atoms with Crippen LogP contribution in [-0.4, -0.2) is 33.4 Å². The Bertz CT molecular complexity index is 930. The van der Waals surface area contributed by atoms with Gasteiger partial charge in [-0.2, -0.15) is 0 Å². The average molecular weight is 369 g/mol. The van der Waals surface area contributed by atoms with E-state index < -0.39 is 0 Å². The van der Waals surface area contributed by atoms with Crippen LogP contribution in [0.4, 0.5) is 0 Å². The molecule has 0 aliphatic rings. The first-order valence-corrected chi connectivity index (χ1v) is 9.01. The molecule has 6 nitrogen and oxygen atoms in total. The van der Waals surface area contributed by atoms with Gasteiger partial charge in [-0.05, 0) is 30.7 Å². The molecule has 7 heteroatoms. The highest BCUT2D eigenvalue weighted by molar-refractivity contribution is 7.99. The molecule has 26 heavy (non-hydrogen) atoms. The maximum Gasteiger partial charge on any atom is 0.201 e. The van der Waals surface area contributed by atoms with Crippen molar-refractivity contribution in [2.75, 3.05) is 12.9 Å². The zero-order valence-corrected chi connectivity index (χ0v) is 15.5. The fraction of sp³-hybridized carbons (Fsp3) is 0.211. The summed E-state index contributed by atoms with van der Waals surface area (Å²) in [7, 11) is 1.55. The Hall–Kier alpha value is -2.80. The molecular weight excluding hydrogens is 350 g/mol. The van der Waals surface area contributed by atoms with Crippen molar-refractivity contribution >= 4 is 17.5 Å². The van der Waals surface area contributed by atoms with Crippen molar-refractivity contribution in [3.63, 3.8) is 0 Å². The number of ether oxygens (including phenoxy) is 1. The van der Waals surface area contributed by atoms with Gasteiger partial charge in [0.2, 0.25) is 5.82 Å². The molecule has 2 heterocycles. The number of benzene rings is 1. The number of hydrogen-bond donors (Lipinski definition) is 0. The van der Waals surface area contributed by atoms with Crippen LogP contribution in [0.15, 0.2) is 58.8 Å². The van der Waals surface area contributed by atoms with Crippen molar-refractivity contribution < 1.29 is 13.9 Å².